The maximum atomic E-state index is 6.34. The van der Waals surface area contributed by atoms with E-state index in [1.165, 1.54) is 18.4 Å². The Morgan fingerprint density at radius 2 is 2.05 bits per heavy atom. The Balaban J connectivity index is 1.88. The molecule has 1 spiro atoms. The lowest BCUT2D eigenvalue weighted by Crippen LogP contribution is -2.17. The monoisotopic (exact) mass is 281 g/mol. The molecule has 104 valence electrons. The molecular formula is C15H20ClNO2. The molecule has 1 aromatic carbocycles. The van der Waals surface area contributed by atoms with Gasteiger partial charge in [0.2, 0.25) is 0 Å². The van der Waals surface area contributed by atoms with Gasteiger partial charge in [-0.1, -0.05) is 18.5 Å². The van der Waals surface area contributed by atoms with E-state index in [4.69, 9.17) is 26.8 Å². The lowest BCUT2D eigenvalue weighted by atomic mass is 9.97. The van der Waals surface area contributed by atoms with Crippen LogP contribution in [0.4, 0.5) is 0 Å². The molecule has 0 amide bonds. The SMILES string of the molecule is CC(CCN)c1cc(Cl)c2c(c1)OCC1(CC1)CO2. The van der Waals surface area contributed by atoms with Gasteiger partial charge < -0.3 is 15.2 Å². The van der Waals surface area contributed by atoms with Crippen LogP contribution >= 0.6 is 11.6 Å². The first-order chi connectivity index (χ1) is 9.13. The molecule has 2 aliphatic rings. The molecule has 1 heterocycles. The summed E-state index contributed by atoms with van der Waals surface area (Å²) >= 11 is 6.34. The number of rotatable bonds is 3. The number of ether oxygens (including phenoxy) is 2. The van der Waals surface area contributed by atoms with Gasteiger partial charge in [0.05, 0.1) is 18.2 Å². The Labute approximate surface area is 119 Å². The van der Waals surface area contributed by atoms with Gasteiger partial charge in [-0.2, -0.15) is 0 Å². The molecule has 4 heteroatoms. The third kappa shape index (κ3) is 2.54. The van der Waals surface area contributed by atoms with Crippen LogP contribution in [0.5, 0.6) is 11.5 Å². The quantitative estimate of drug-likeness (QED) is 0.924. The van der Waals surface area contributed by atoms with Gasteiger partial charge in [-0.05, 0) is 49.4 Å². The highest BCUT2D eigenvalue weighted by atomic mass is 35.5. The summed E-state index contributed by atoms with van der Waals surface area (Å²) in [5.74, 6) is 1.87. The number of halogens is 1. The van der Waals surface area contributed by atoms with E-state index < -0.39 is 0 Å². The summed E-state index contributed by atoms with van der Waals surface area (Å²) in [7, 11) is 0. The highest BCUT2D eigenvalue weighted by Crippen LogP contribution is 2.50. The smallest absolute Gasteiger partial charge is 0.179 e. The van der Waals surface area contributed by atoms with Crippen LogP contribution in [-0.2, 0) is 0 Å². The molecule has 1 unspecified atom stereocenters. The predicted octanol–water partition coefficient (Wildman–Crippen LogP) is 3.34. The lowest BCUT2D eigenvalue weighted by Gasteiger charge is -2.15. The molecule has 1 saturated carbocycles. The molecule has 0 aromatic heterocycles. The number of fused-ring (bicyclic) bond motifs is 1. The van der Waals surface area contributed by atoms with Gasteiger partial charge >= 0.3 is 0 Å². The zero-order valence-electron chi connectivity index (χ0n) is 11.2. The third-order valence-corrected chi connectivity index (χ3v) is 4.49. The van der Waals surface area contributed by atoms with Crippen molar-refractivity contribution in [3.05, 3.63) is 22.7 Å². The van der Waals surface area contributed by atoms with E-state index >= 15 is 0 Å². The molecule has 0 bridgehead atoms. The van der Waals surface area contributed by atoms with Crippen LogP contribution < -0.4 is 15.2 Å². The van der Waals surface area contributed by atoms with Crippen LogP contribution in [0.15, 0.2) is 12.1 Å². The molecule has 2 N–H and O–H groups in total. The van der Waals surface area contributed by atoms with E-state index in [2.05, 4.69) is 13.0 Å². The highest BCUT2D eigenvalue weighted by molar-refractivity contribution is 6.32. The molecule has 3 nitrogen and oxygen atoms in total. The Morgan fingerprint density at radius 1 is 1.32 bits per heavy atom. The number of nitrogens with two attached hydrogens (primary N) is 1. The van der Waals surface area contributed by atoms with Crippen LogP contribution in [0.3, 0.4) is 0 Å². The van der Waals surface area contributed by atoms with Crippen molar-refractivity contribution >= 4 is 11.6 Å². The van der Waals surface area contributed by atoms with Crippen molar-refractivity contribution in [2.75, 3.05) is 19.8 Å². The Bertz CT molecular complexity index is 485. The molecule has 1 aromatic rings. The predicted molar refractivity (Wildman–Crippen MR) is 76.2 cm³/mol. The first-order valence-electron chi connectivity index (χ1n) is 6.93. The third-order valence-electron chi connectivity index (χ3n) is 4.21. The van der Waals surface area contributed by atoms with Crippen molar-refractivity contribution in [1.82, 2.24) is 0 Å². The maximum absolute atomic E-state index is 6.34. The fraction of sp³-hybridized carbons (Fsp3) is 0.600. The van der Waals surface area contributed by atoms with Crippen molar-refractivity contribution in [2.24, 2.45) is 11.1 Å². The van der Waals surface area contributed by atoms with E-state index in [-0.39, 0.29) is 5.41 Å². The zero-order chi connectivity index (χ0) is 13.5. The van der Waals surface area contributed by atoms with Gasteiger partial charge in [0.15, 0.2) is 11.5 Å². The summed E-state index contributed by atoms with van der Waals surface area (Å²) in [6.45, 7) is 4.30. The van der Waals surface area contributed by atoms with Gasteiger partial charge in [0.1, 0.15) is 0 Å². The van der Waals surface area contributed by atoms with Gasteiger partial charge in [-0.15, -0.1) is 0 Å². The molecule has 1 aliphatic carbocycles. The summed E-state index contributed by atoms with van der Waals surface area (Å²) in [6.07, 6.45) is 3.32. The molecule has 19 heavy (non-hydrogen) atoms. The number of hydrogen-bond donors (Lipinski definition) is 1. The van der Waals surface area contributed by atoms with Crippen LogP contribution in [0, 0.1) is 5.41 Å². The van der Waals surface area contributed by atoms with E-state index in [1.54, 1.807) is 0 Å². The van der Waals surface area contributed by atoms with E-state index in [1.807, 2.05) is 6.07 Å². The standard InChI is InChI=1S/C15H20ClNO2/c1-10(2-5-17)11-6-12(16)14-13(7-11)18-8-15(3-4-15)9-19-14/h6-7,10H,2-5,8-9,17H2,1H3. The Kier molecular flexibility index (Phi) is 3.35. The van der Waals surface area contributed by atoms with Crippen LogP contribution in [0.25, 0.3) is 0 Å². The summed E-state index contributed by atoms with van der Waals surface area (Å²) in [4.78, 5) is 0. The second-order valence-electron chi connectivity index (χ2n) is 5.89. The zero-order valence-corrected chi connectivity index (χ0v) is 12.0. The largest absolute Gasteiger partial charge is 0.489 e. The van der Waals surface area contributed by atoms with Gasteiger partial charge in [0.25, 0.3) is 0 Å². The molecule has 1 aliphatic heterocycles. The second kappa shape index (κ2) is 4.88. The highest BCUT2D eigenvalue weighted by Gasteiger charge is 2.46. The number of benzene rings is 1. The summed E-state index contributed by atoms with van der Waals surface area (Å²) < 4.78 is 11.8. The minimum atomic E-state index is 0.241. The van der Waals surface area contributed by atoms with Gasteiger partial charge in [-0.25, -0.2) is 0 Å². The van der Waals surface area contributed by atoms with Crippen LogP contribution in [-0.4, -0.2) is 19.8 Å². The van der Waals surface area contributed by atoms with Crippen molar-refractivity contribution < 1.29 is 9.47 Å². The average Bonchev–Trinajstić information content (AvgIpc) is 3.18. The van der Waals surface area contributed by atoms with E-state index in [9.17, 15) is 0 Å². The molecule has 0 saturated heterocycles. The maximum Gasteiger partial charge on any atom is 0.179 e. The van der Waals surface area contributed by atoms with E-state index in [0.29, 0.717) is 23.2 Å². The van der Waals surface area contributed by atoms with Crippen molar-refractivity contribution in [1.29, 1.82) is 0 Å². The average molecular weight is 282 g/mol. The fourth-order valence-corrected chi connectivity index (χ4v) is 2.77. The Hall–Kier alpha value is -0.930. The van der Waals surface area contributed by atoms with Crippen molar-refractivity contribution in [3.63, 3.8) is 0 Å². The van der Waals surface area contributed by atoms with Gasteiger partial charge in [0, 0.05) is 5.41 Å². The topological polar surface area (TPSA) is 44.5 Å². The lowest BCUT2D eigenvalue weighted by molar-refractivity contribution is 0.197. The molecule has 0 radical (unpaired) electrons. The second-order valence-corrected chi connectivity index (χ2v) is 6.29. The van der Waals surface area contributed by atoms with Crippen molar-refractivity contribution in [2.45, 2.75) is 32.1 Å². The first-order valence-corrected chi connectivity index (χ1v) is 7.30. The molecule has 3 rings (SSSR count). The Morgan fingerprint density at radius 3 is 2.74 bits per heavy atom. The molecule has 1 atom stereocenters. The van der Waals surface area contributed by atoms with Gasteiger partial charge in [-0.3, -0.25) is 0 Å². The van der Waals surface area contributed by atoms with Crippen molar-refractivity contribution in [3.8, 4) is 11.5 Å². The summed E-state index contributed by atoms with van der Waals surface area (Å²) in [5, 5.41) is 0.647. The fourth-order valence-electron chi connectivity index (χ4n) is 2.50. The minimum absolute atomic E-state index is 0.241. The molecule has 1 fully saturated rings. The summed E-state index contributed by atoms with van der Waals surface area (Å²) in [5.41, 5.74) is 7.03. The normalized spacial score (nSPS) is 21.0. The number of hydrogen-bond acceptors (Lipinski definition) is 3. The summed E-state index contributed by atoms with van der Waals surface area (Å²) in [6, 6.07) is 4.04. The minimum Gasteiger partial charge on any atom is -0.489 e. The molecular weight excluding hydrogens is 262 g/mol. The first kappa shape index (κ1) is 13.1. The van der Waals surface area contributed by atoms with Crippen LogP contribution in [0.2, 0.25) is 5.02 Å². The van der Waals surface area contributed by atoms with Crippen LogP contribution in [0.1, 0.15) is 37.7 Å². The van der Waals surface area contributed by atoms with E-state index in [0.717, 1.165) is 25.4 Å².